The van der Waals surface area contributed by atoms with Crippen LogP contribution in [-0.4, -0.2) is 46.7 Å². The van der Waals surface area contributed by atoms with Crippen molar-refractivity contribution in [2.45, 2.75) is 58.5 Å². The predicted octanol–water partition coefficient (Wildman–Crippen LogP) is 5.16. The highest BCUT2D eigenvalue weighted by Gasteiger charge is 2.52. The van der Waals surface area contributed by atoms with E-state index in [1.165, 1.54) is 86.4 Å². The quantitative estimate of drug-likeness (QED) is 0.203. The Kier molecular flexibility index (Phi) is 16.8. The molecule has 0 unspecified atom stereocenters. The fraction of sp³-hybridized carbons (Fsp3) is 0.188. The lowest BCUT2D eigenvalue weighted by molar-refractivity contribution is 0.00578. The first-order valence-corrected chi connectivity index (χ1v) is 30.9. The van der Waals surface area contributed by atoms with Crippen molar-refractivity contribution in [3.05, 3.63) is 112 Å². The van der Waals surface area contributed by atoms with E-state index < -0.39 is 38.0 Å². The van der Waals surface area contributed by atoms with Crippen LogP contribution in [0.3, 0.4) is 0 Å². The van der Waals surface area contributed by atoms with Crippen molar-refractivity contribution in [1.29, 1.82) is 0 Å². The maximum Gasteiger partial charge on any atom is 0.494 e. The van der Waals surface area contributed by atoms with Crippen molar-refractivity contribution in [2.24, 2.45) is 0 Å². The van der Waals surface area contributed by atoms with Gasteiger partial charge in [0, 0.05) is 134 Å². The molecule has 3 aliphatic heterocycles. The largest absolute Gasteiger partial charge is 0.494 e. The van der Waals surface area contributed by atoms with Crippen LogP contribution in [0, 0.1) is 0 Å². The average Bonchev–Trinajstić information content (AvgIpc) is 3.38. The molecule has 4 aromatic carbocycles. The second kappa shape index (κ2) is 19.8. The number of sulfone groups is 2. The molecule has 0 spiro atoms. The van der Waals surface area contributed by atoms with E-state index in [4.69, 9.17) is 9.31 Å². The standard InChI is InChI=1S/C19H19BO5S.C13H7BrO3S.S6.S5/c1-18(2)19(3,4)25-20(24-18)12-9-10-16-14(11-12)17(21)13-7-5-6-8-15(13)26(16,22)23;14-8-5-6-12-10(7-8)13(15)9-3-1-2-4-11(9)18(12,16)17;1-3-5-6-4-2;1-3-5-4-2/h5-11H,1-4H3;1-7H;;. The number of hydrogen-bond acceptors (Lipinski definition) is 12. The molecule has 3 heterocycles. The molecule has 55 heavy (non-hydrogen) atoms. The third-order valence-corrected chi connectivity index (χ3v) is 23.9. The number of rotatable bonds is 1. The Labute approximate surface area is 368 Å². The van der Waals surface area contributed by atoms with Gasteiger partial charge in [-0.25, -0.2) is 16.8 Å². The highest BCUT2D eigenvalue weighted by Crippen LogP contribution is 2.38. The number of ketones is 2. The Morgan fingerprint density at radius 3 is 1.35 bits per heavy atom. The van der Waals surface area contributed by atoms with Gasteiger partial charge in [0.1, 0.15) is 0 Å². The summed E-state index contributed by atoms with van der Waals surface area (Å²) < 4.78 is 63.2. The summed E-state index contributed by atoms with van der Waals surface area (Å²) in [5.41, 5.74) is 0.422. The first kappa shape index (κ1) is 46.7. The van der Waals surface area contributed by atoms with E-state index in [1.807, 2.05) is 27.7 Å². The summed E-state index contributed by atoms with van der Waals surface area (Å²) in [6.45, 7) is 7.77. The molecule has 0 aromatic heterocycles. The number of fused-ring (bicyclic) bond motifs is 4. The third-order valence-electron chi connectivity index (χ3n) is 8.52. The van der Waals surface area contributed by atoms with E-state index in [0.717, 1.165) is 0 Å². The fourth-order valence-electron chi connectivity index (χ4n) is 5.34. The normalized spacial score (nSPS) is 16.8. The molecule has 0 saturated carbocycles. The van der Waals surface area contributed by atoms with E-state index >= 15 is 0 Å². The number of carbonyl (C=O) groups excluding carboxylic acids is 2. The van der Waals surface area contributed by atoms with Crippen LogP contribution in [0.4, 0.5) is 0 Å². The highest BCUT2D eigenvalue weighted by atomic mass is 79.9. The van der Waals surface area contributed by atoms with Gasteiger partial charge in [-0.15, -0.1) is 0 Å². The van der Waals surface area contributed by atoms with Gasteiger partial charge in [0.25, 0.3) is 0 Å². The molecule has 0 radical (unpaired) electrons. The Hall–Kier alpha value is -0.995. The van der Waals surface area contributed by atoms with Gasteiger partial charge in [0.2, 0.25) is 19.7 Å². The zero-order chi connectivity index (χ0) is 40.8. The van der Waals surface area contributed by atoms with Gasteiger partial charge in [-0.2, -0.15) is 0 Å². The van der Waals surface area contributed by atoms with Crippen molar-refractivity contribution in [3.63, 3.8) is 0 Å². The van der Waals surface area contributed by atoms with Crippen LogP contribution in [0.2, 0.25) is 0 Å². The molecule has 1 saturated heterocycles. The fourth-order valence-corrected chi connectivity index (χ4v) is 17.2. The van der Waals surface area contributed by atoms with Gasteiger partial charge >= 0.3 is 7.12 Å². The Balaban J connectivity index is 0.000000200. The van der Waals surface area contributed by atoms with Crippen molar-refractivity contribution in [1.82, 2.24) is 0 Å². The number of halogens is 1. The Morgan fingerprint density at radius 1 is 0.545 bits per heavy atom. The van der Waals surface area contributed by atoms with Gasteiger partial charge in [-0.1, -0.05) is 46.3 Å². The lowest BCUT2D eigenvalue weighted by atomic mass is 9.78. The molecule has 290 valence electrons. The van der Waals surface area contributed by atoms with E-state index in [1.54, 1.807) is 60.7 Å². The van der Waals surface area contributed by atoms with E-state index in [-0.39, 0.29) is 53.4 Å². The molecular weight excluding hydrogens is 1020 g/mol. The van der Waals surface area contributed by atoms with Crippen LogP contribution in [0.5, 0.6) is 0 Å². The second-order valence-electron chi connectivity index (χ2n) is 12.1. The van der Waals surface area contributed by atoms with E-state index in [0.29, 0.717) is 9.94 Å². The third kappa shape index (κ3) is 10.4. The van der Waals surface area contributed by atoms with Crippen molar-refractivity contribution in [2.75, 3.05) is 0 Å². The van der Waals surface area contributed by atoms with Crippen LogP contribution in [-0.2, 0) is 136 Å². The van der Waals surface area contributed by atoms with Gasteiger partial charge in [-0.05, 0) is 87.8 Å². The first-order chi connectivity index (χ1) is 25.9. The summed E-state index contributed by atoms with van der Waals surface area (Å²) in [6, 6.07) is 21.9. The van der Waals surface area contributed by atoms with Crippen molar-refractivity contribution in [3.8, 4) is 0 Å². The Morgan fingerprint density at radius 2 is 0.927 bits per heavy atom. The monoisotopic (exact) mass is 1040 g/mol. The molecule has 7 rings (SSSR count). The van der Waals surface area contributed by atoms with Gasteiger partial charge in [0.15, 0.2) is 11.6 Å². The molecule has 8 nitrogen and oxygen atoms in total. The van der Waals surface area contributed by atoms with Crippen LogP contribution >= 0.6 is 15.9 Å². The molecular formula is C32H26BBrO8S13. The zero-order valence-electron chi connectivity index (χ0n) is 28.6. The first-order valence-electron chi connectivity index (χ1n) is 15.1. The maximum absolute atomic E-state index is 12.9. The lowest BCUT2D eigenvalue weighted by Gasteiger charge is -2.32. The minimum atomic E-state index is -3.72. The van der Waals surface area contributed by atoms with Crippen molar-refractivity contribution < 1.29 is 35.7 Å². The zero-order valence-corrected chi connectivity index (χ0v) is 40.8. The molecule has 0 aliphatic carbocycles. The lowest BCUT2D eigenvalue weighted by Crippen LogP contribution is -2.41. The summed E-state index contributed by atoms with van der Waals surface area (Å²) in [7, 11) is 1.61. The summed E-state index contributed by atoms with van der Waals surface area (Å²) in [6.07, 6.45) is 0. The molecule has 1 fully saturated rings. The number of carbonyl (C=O) groups is 2. The minimum absolute atomic E-state index is 0.0291. The maximum atomic E-state index is 12.9. The molecule has 4 aromatic rings. The summed E-state index contributed by atoms with van der Waals surface area (Å²) in [5, 5.41) is 0. The van der Waals surface area contributed by atoms with E-state index in [2.05, 4.69) is 60.7 Å². The molecule has 0 amide bonds. The molecule has 3 aliphatic rings. The second-order valence-corrected chi connectivity index (χ2v) is 29.2. The summed E-state index contributed by atoms with van der Waals surface area (Å²) in [5.74, 6) is -0.555. The smallest absolute Gasteiger partial charge is 0.399 e. The average molecular weight is 1050 g/mol. The van der Waals surface area contributed by atoms with Crippen molar-refractivity contribution >= 4 is 167 Å². The molecule has 0 bridgehead atoms. The Bertz CT molecular complexity index is 2700. The van der Waals surface area contributed by atoms with Crippen LogP contribution in [0.15, 0.2) is 109 Å². The SMILES string of the molecule is CC1(C)OB(c2ccc3c(c2)C(=O)c2ccccc2S3(=O)=O)OC1(C)C.O=C1c2ccccc2S(=O)(=O)c2ccc(Br)cc21.S=S=S=S=S.S=S=S=S=S=S. The van der Waals surface area contributed by atoms with Gasteiger partial charge in [0.05, 0.1) is 30.8 Å². The topological polar surface area (TPSA) is 121 Å². The molecule has 23 heteroatoms. The van der Waals surface area contributed by atoms with Crippen LogP contribution < -0.4 is 5.46 Å². The van der Waals surface area contributed by atoms with E-state index in [9.17, 15) is 26.4 Å². The van der Waals surface area contributed by atoms with Gasteiger partial charge < -0.3 is 9.31 Å². The van der Waals surface area contributed by atoms with Crippen LogP contribution in [0.25, 0.3) is 0 Å². The predicted molar refractivity (Wildman–Crippen MR) is 248 cm³/mol. The summed E-state index contributed by atoms with van der Waals surface area (Å²) in [4.78, 5) is 25.4. The summed E-state index contributed by atoms with van der Waals surface area (Å²) >= 11 is 21.2. The van der Waals surface area contributed by atoms with Gasteiger partial charge in [-0.3, -0.25) is 9.59 Å². The number of hydrogen-bond donors (Lipinski definition) is 0. The van der Waals surface area contributed by atoms with Crippen LogP contribution in [0.1, 0.15) is 59.5 Å². The minimum Gasteiger partial charge on any atom is -0.399 e. The highest BCUT2D eigenvalue weighted by molar-refractivity contribution is 9.10. The number of benzene rings is 4. The molecule has 0 N–H and O–H groups in total. The molecule has 0 atom stereocenters.